The molecule has 1 atom stereocenters. The van der Waals surface area contributed by atoms with Gasteiger partial charge in [-0.1, -0.05) is 32.9 Å². The third-order valence-electron chi connectivity index (χ3n) is 3.44. The van der Waals surface area contributed by atoms with Crippen molar-refractivity contribution in [3.63, 3.8) is 0 Å². The SMILES string of the molecule is CC(C)(C)c1ccc(C(=O)NNC(=O)C[C@@](C)(O)C(F)(F)F)cc1. The molecular weight excluding hydrogens is 325 g/mol. The molecule has 1 aromatic carbocycles. The molecule has 0 bridgehead atoms. The highest BCUT2D eigenvalue weighted by molar-refractivity contribution is 5.95. The zero-order valence-electron chi connectivity index (χ0n) is 13.9. The molecule has 134 valence electrons. The molecular formula is C16H21F3N2O3. The van der Waals surface area contributed by atoms with Gasteiger partial charge in [0.25, 0.3) is 5.91 Å². The van der Waals surface area contributed by atoms with Crippen molar-refractivity contribution in [1.29, 1.82) is 0 Å². The van der Waals surface area contributed by atoms with Crippen LogP contribution in [0.2, 0.25) is 0 Å². The van der Waals surface area contributed by atoms with Gasteiger partial charge in [-0.15, -0.1) is 0 Å². The third-order valence-corrected chi connectivity index (χ3v) is 3.44. The van der Waals surface area contributed by atoms with E-state index in [1.54, 1.807) is 24.3 Å². The lowest BCUT2D eigenvalue weighted by Gasteiger charge is -2.25. The van der Waals surface area contributed by atoms with Crippen LogP contribution in [-0.2, 0) is 10.2 Å². The summed E-state index contributed by atoms with van der Waals surface area (Å²) in [5.41, 5.74) is 1.85. The second-order valence-electron chi connectivity index (χ2n) is 6.78. The molecule has 0 saturated carbocycles. The first-order chi connectivity index (χ1) is 10.7. The summed E-state index contributed by atoms with van der Waals surface area (Å²) in [5.74, 6) is -1.83. The predicted octanol–water partition coefficient (Wildman–Crippen LogP) is 2.45. The van der Waals surface area contributed by atoms with Gasteiger partial charge >= 0.3 is 6.18 Å². The Morgan fingerprint density at radius 1 is 1.00 bits per heavy atom. The normalized spacial score (nSPS) is 14.7. The molecule has 0 aromatic heterocycles. The van der Waals surface area contributed by atoms with Gasteiger partial charge in [0, 0.05) is 5.56 Å². The van der Waals surface area contributed by atoms with Crippen molar-refractivity contribution in [2.24, 2.45) is 0 Å². The number of halogens is 3. The van der Waals surface area contributed by atoms with E-state index in [2.05, 4.69) is 0 Å². The largest absolute Gasteiger partial charge is 0.417 e. The van der Waals surface area contributed by atoms with Crippen molar-refractivity contribution < 1.29 is 27.9 Å². The highest BCUT2D eigenvalue weighted by Gasteiger charge is 2.51. The Morgan fingerprint density at radius 2 is 1.50 bits per heavy atom. The second kappa shape index (κ2) is 6.80. The zero-order chi connectivity index (χ0) is 18.8. The number of rotatable bonds is 3. The maximum absolute atomic E-state index is 12.5. The van der Waals surface area contributed by atoms with Crippen LogP contribution in [0.25, 0.3) is 0 Å². The zero-order valence-corrected chi connectivity index (χ0v) is 13.9. The van der Waals surface area contributed by atoms with Gasteiger partial charge in [-0.25, -0.2) is 0 Å². The van der Waals surface area contributed by atoms with Gasteiger partial charge in [0.05, 0.1) is 6.42 Å². The molecule has 0 aliphatic heterocycles. The van der Waals surface area contributed by atoms with Crippen LogP contribution >= 0.6 is 0 Å². The highest BCUT2D eigenvalue weighted by Crippen LogP contribution is 2.32. The van der Waals surface area contributed by atoms with E-state index in [9.17, 15) is 27.9 Å². The molecule has 0 aliphatic rings. The van der Waals surface area contributed by atoms with E-state index < -0.39 is 30.0 Å². The lowest BCUT2D eigenvalue weighted by Crippen LogP contribution is -2.49. The predicted molar refractivity (Wildman–Crippen MR) is 82.0 cm³/mol. The number of amides is 2. The molecule has 0 unspecified atom stereocenters. The quantitative estimate of drug-likeness (QED) is 0.736. The standard InChI is InChI=1S/C16H21F3N2O3/c1-14(2,3)11-7-5-10(6-8-11)13(23)21-20-12(22)9-15(4,24)16(17,18)19/h5-8,24H,9H2,1-4H3,(H,20,22)(H,21,23)/t15-/m1/s1. The molecule has 5 nitrogen and oxygen atoms in total. The average molecular weight is 346 g/mol. The van der Waals surface area contributed by atoms with Crippen molar-refractivity contribution in [1.82, 2.24) is 10.9 Å². The molecule has 0 saturated heterocycles. The van der Waals surface area contributed by atoms with Crippen LogP contribution in [0.4, 0.5) is 13.2 Å². The number of hydrazine groups is 1. The lowest BCUT2D eigenvalue weighted by atomic mass is 9.87. The first kappa shape index (κ1) is 20.0. The average Bonchev–Trinajstić information content (AvgIpc) is 2.42. The second-order valence-corrected chi connectivity index (χ2v) is 6.78. The number of nitrogens with one attached hydrogen (secondary N) is 2. The van der Waals surface area contributed by atoms with E-state index in [1.165, 1.54) is 0 Å². The number of carbonyl (C=O) groups is 2. The highest BCUT2D eigenvalue weighted by atomic mass is 19.4. The van der Waals surface area contributed by atoms with Gasteiger partial charge < -0.3 is 5.11 Å². The van der Waals surface area contributed by atoms with Crippen molar-refractivity contribution in [3.05, 3.63) is 35.4 Å². The van der Waals surface area contributed by atoms with E-state index >= 15 is 0 Å². The molecule has 0 heterocycles. The summed E-state index contributed by atoms with van der Waals surface area (Å²) >= 11 is 0. The van der Waals surface area contributed by atoms with E-state index in [0.29, 0.717) is 6.92 Å². The Labute approximate surface area is 138 Å². The van der Waals surface area contributed by atoms with Gasteiger partial charge in [-0.2, -0.15) is 13.2 Å². The van der Waals surface area contributed by atoms with Crippen LogP contribution in [0.15, 0.2) is 24.3 Å². The van der Waals surface area contributed by atoms with E-state index in [0.717, 1.165) is 5.56 Å². The fraction of sp³-hybridized carbons (Fsp3) is 0.500. The molecule has 3 N–H and O–H groups in total. The smallest absolute Gasteiger partial charge is 0.380 e. The number of alkyl halides is 3. The van der Waals surface area contributed by atoms with Crippen LogP contribution in [0.3, 0.4) is 0 Å². The number of aliphatic hydroxyl groups is 1. The van der Waals surface area contributed by atoms with Crippen molar-refractivity contribution >= 4 is 11.8 Å². The Kier molecular flexibility index (Phi) is 5.66. The maximum atomic E-state index is 12.5. The minimum absolute atomic E-state index is 0.0909. The minimum Gasteiger partial charge on any atom is -0.380 e. The fourth-order valence-electron chi connectivity index (χ4n) is 1.78. The van der Waals surface area contributed by atoms with Gasteiger partial charge in [-0.3, -0.25) is 20.4 Å². The number of carbonyl (C=O) groups excluding carboxylic acids is 2. The van der Waals surface area contributed by atoms with E-state index in [4.69, 9.17) is 0 Å². The van der Waals surface area contributed by atoms with Crippen LogP contribution in [0, 0.1) is 0 Å². The molecule has 0 fully saturated rings. The number of benzene rings is 1. The van der Waals surface area contributed by atoms with Crippen LogP contribution in [-0.4, -0.2) is 28.7 Å². The Hall–Kier alpha value is -2.09. The van der Waals surface area contributed by atoms with Crippen LogP contribution in [0.5, 0.6) is 0 Å². The summed E-state index contributed by atoms with van der Waals surface area (Å²) in [6.07, 6.45) is -6.17. The lowest BCUT2D eigenvalue weighted by molar-refractivity contribution is -0.253. The van der Waals surface area contributed by atoms with E-state index in [1.807, 2.05) is 31.6 Å². The Balaban J connectivity index is 2.62. The third kappa shape index (κ3) is 5.23. The maximum Gasteiger partial charge on any atom is 0.417 e. The molecule has 1 rings (SSSR count). The molecule has 1 aromatic rings. The first-order valence-corrected chi connectivity index (χ1v) is 7.23. The molecule has 8 heteroatoms. The number of hydrogen-bond donors (Lipinski definition) is 3. The van der Waals surface area contributed by atoms with Crippen LogP contribution < -0.4 is 10.9 Å². The molecule has 24 heavy (non-hydrogen) atoms. The topological polar surface area (TPSA) is 78.4 Å². The molecule has 0 spiro atoms. The fourth-order valence-corrected chi connectivity index (χ4v) is 1.78. The summed E-state index contributed by atoms with van der Waals surface area (Å²) in [4.78, 5) is 23.3. The Bertz CT molecular complexity index is 602. The van der Waals surface area contributed by atoms with Gasteiger partial charge in [0.1, 0.15) is 0 Å². The van der Waals surface area contributed by atoms with Gasteiger partial charge in [0.2, 0.25) is 5.91 Å². The summed E-state index contributed by atoms with van der Waals surface area (Å²) in [6.45, 7) is 6.51. The molecule has 0 radical (unpaired) electrons. The number of hydrogen-bond acceptors (Lipinski definition) is 3. The summed E-state index contributed by atoms with van der Waals surface area (Å²) < 4.78 is 37.4. The van der Waals surface area contributed by atoms with Crippen molar-refractivity contribution in [2.75, 3.05) is 0 Å². The van der Waals surface area contributed by atoms with E-state index in [-0.39, 0.29) is 11.0 Å². The minimum atomic E-state index is -4.95. The summed E-state index contributed by atoms with van der Waals surface area (Å²) in [7, 11) is 0. The van der Waals surface area contributed by atoms with Crippen molar-refractivity contribution in [3.8, 4) is 0 Å². The summed E-state index contributed by atoms with van der Waals surface area (Å²) in [6, 6.07) is 6.61. The molecule has 0 aliphatic carbocycles. The summed E-state index contributed by atoms with van der Waals surface area (Å²) in [5, 5.41) is 9.21. The van der Waals surface area contributed by atoms with Crippen LogP contribution in [0.1, 0.15) is 50.0 Å². The molecule has 2 amide bonds. The monoisotopic (exact) mass is 346 g/mol. The van der Waals surface area contributed by atoms with Crippen molar-refractivity contribution in [2.45, 2.75) is 51.3 Å². The Morgan fingerprint density at radius 3 is 1.92 bits per heavy atom. The van der Waals surface area contributed by atoms with Gasteiger partial charge in [-0.05, 0) is 30.0 Å². The van der Waals surface area contributed by atoms with Gasteiger partial charge in [0.15, 0.2) is 5.60 Å². The first-order valence-electron chi connectivity index (χ1n) is 7.23.